The molecule has 3 atom stereocenters. The van der Waals surface area contributed by atoms with Crippen LogP contribution in [0.2, 0.25) is 6.04 Å². The zero-order valence-corrected chi connectivity index (χ0v) is 46.1. The molecule has 0 aromatic heterocycles. The van der Waals surface area contributed by atoms with Gasteiger partial charge in [0.05, 0.1) is 9.75 Å². The molecule has 1 aliphatic carbocycles. The third kappa shape index (κ3) is 19.9. The molecule has 0 spiro atoms. The van der Waals surface area contributed by atoms with E-state index in [9.17, 15) is 0 Å². The Morgan fingerprint density at radius 2 is 0.875 bits per heavy atom. The molecule has 0 heterocycles. The second kappa shape index (κ2) is 34.5. The van der Waals surface area contributed by atoms with E-state index in [4.69, 9.17) is 39.8 Å². The molecule has 336 valence electrons. The highest BCUT2D eigenvalue weighted by molar-refractivity contribution is 9.26. The Kier molecular flexibility index (Phi) is 35.2. The summed E-state index contributed by atoms with van der Waals surface area (Å²) in [6, 6.07) is 0.894. The second-order valence-corrected chi connectivity index (χ2v) is 34.6. The molecule has 0 N–H and O–H groups in total. The van der Waals surface area contributed by atoms with Gasteiger partial charge in [-0.05, 0) is 158 Å². The Balaban J connectivity index is 3.05. The highest BCUT2D eigenvalue weighted by Gasteiger charge is 2.50. The van der Waals surface area contributed by atoms with Gasteiger partial charge in [0.15, 0.2) is 0 Å². The Morgan fingerprint density at radius 1 is 0.500 bits per heavy atom. The van der Waals surface area contributed by atoms with Crippen molar-refractivity contribution >= 4 is 109 Å². The van der Waals surface area contributed by atoms with Crippen LogP contribution < -0.4 is 0 Å². The Morgan fingerprint density at radius 3 is 1.21 bits per heavy atom. The van der Waals surface area contributed by atoms with Gasteiger partial charge in [0.25, 0.3) is 0 Å². The van der Waals surface area contributed by atoms with Crippen molar-refractivity contribution in [2.24, 2.45) is 11.3 Å². The van der Waals surface area contributed by atoms with Crippen LogP contribution >= 0.6 is 82.5 Å². The maximum atomic E-state index is 6.34. The first-order chi connectivity index (χ1) is 27.2. The van der Waals surface area contributed by atoms with Crippen LogP contribution in [0.4, 0.5) is 0 Å². The van der Waals surface area contributed by atoms with Crippen LogP contribution in [0.1, 0.15) is 134 Å². The molecule has 1 fully saturated rings. The van der Waals surface area contributed by atoms with Crippen molar-refractivity contribution in [3.05, 3.63) is 0 Å². The first-order valence-electron chi connectivity index (χ1n) is 21.2. The summed E-state index contributed by atoms with van der Waals surface area (Å²) >= 11 is 0. The van der Waals surface area contributed by atoms with Crippen LogP contribution in [0, 0.1) is 11.3 Å². The lowest BCUT2D eigenvalue weighted by atomic mass is 9.62. The molecule has 20 heteroatoms. The molecule has 0 amide bonds. The van der Waals surface area contributed by atoms with Crippen molar-refractivity contribution in [1.29, 1.82) is 0 Å². The van der Waals surface area contributed by atoms with E-state index in [0.717, 1.165) is 36.8 Å². The number of hydrogen-bond donors (Lipinski definition) is 0. The molecule has 1 saturated carbocycles. The fourth-order valence-electron chi connectivity index (χ4n) is 7.46. The van der Waals surface area contributed by atoms with Crippen molar-refractivity contribution in [2.75, 3.05) is 71.0 Å². The predicted octanol–water partition coefficient (Wildman–Crippen LogP) is 13.5. The second-order valence-electron chi connectivity index (χ2n) is 13.0. The van der Waals surface area contributed by atoms with Crippen molar-refractivity contribution in [3.8, 4) is 0 Å². The van der Waals surface area contributed by atoms with Crippen molar-refractivity contribution in [2.45, 2.75) is 150 Å². The first-order valence-corrected chi connectivity index (χ1v) is 36.8. The van der Waals surface area contributed by atoms with E-state index < -0.39 is 26.4 Å². The summed E-state index contributed by atoms with van der Waals surface area (Å²) in [5.74, 6) is 2.88. The summed E-state index contributed by atoms with van der Waals surface area (Å²) < 4.78 is 56.6. The SMILES string of the molecule is CCO[Si](CCC1CCCCC1(CCSSSSC(CC)[Si](OCC)(OCC)OCC)CCSSSSC(CC)[Si](OCC)(OCC)OCC)(OCC)OCC. The molecule has 0 aromatic carbocycles. The normalized spacial score (nSPS) is 19.4. The maximum absolute atomic E-state index is 6.34. The van der Waals surface area contributed by atoms with E-state index in [1.807, 2.05) is 124 Å². The molecule has 0 aliphatic heterocycles. The van der Waals surface area contributed by atoms with E-state index >= 15 is 0 Å². The van der Waals surface area contributed by atoms with Crippen LogP contribution in [0.25, 0.3) is 0 Å². The topological polar surface area (TPSA) is 83.1 Å². The maximum Gasteiger partial charge on any atom is 0.515 e. The van der Waals surface area contributed by atoms with Gasteiger partial charge in [0.1, 0.15) is 0 Å². The minimum Gasteiger partial charge on any atom is -0.374 e. The molecule has 0 aromatic rings. The van der Waals surface area contributed by atoms with Crippen LogP contribution in [0.5, 0.6) is 0 Å². The first kappa shape index (κ1) is 57.1. The molecule has 3 unspecified atom stereocenters. The lowest BCUT2D eigenvalue weighted by Crippen LogP contribution is -2.54. The average molecular weight is 996 g/mol. The Labute approximate surface area is 377 Å². The van der Waals surface area contributed by atoms with Crippen LogP contribution in [0.15, 0.2) is 0 Å². The molecule has 1 aliphatic rings. The molecule has 0 bridgehead atoms. The standard InChI is InChI=1S/C36H78O9S8Si3/c1-12-34(55(40-17-6,41-18-7)42-19-8)48-52-50-46-30-28-36(27-24-23-25-33(36)26-32-54(37-14-3,38-15-4)39-16-5)29-31-47-51-53-49-35(13-2)56(43-20-9,44-21-10)45-22-11/h33-35H,12-32H2,1-11H3. The molecular weight excluding hydrogens is 917 g/mol. The van der Waals surface area contributed by atoms with E-state index in [0.29, 0.717) is 70.8 Å². The summed E-state index contributed by atoms with van der Waals surface area (Å²) in [5, 5.41) is 0. The Bertz CT molecular complexity index is 850. The smallest absolute Gasteiger partial charge is 0.374 e. The van der Waals surface area contributed by atoms with Crippen LogP contribution in [0.3, 0.4) is 0 Å². The van der Waals surface area contributed by atoms with Gasteiger partial charge in [-0.2, -0.15) is 0 Å². The molecule has 0 radical (unpaired) electrons. The summed E-state index contributed by atoms with van der Waals surface area (Å²) in [6.07, 6.45) is 10.6. The van der Waals surface area contributed by atoms with Gasteiger partial charge in [-0.25, -0.2) is 0 Å². The minimum atomic E-state index is -2.77. The van der Waals surface area contributed by atoms with Crippen LogP contribution in [-0.2, 0) is 39.8 Å². The minimum absolute atomic E-state index is 0.203. The lowest BCUT2D eigenvalue weighted by molar-refractivity contribution is 0.0536. The largest absolute Gasteiger partial charge is 0.515 e. The predicted molar refractivity (Wildman–Crippen MR) is 264 cm³/mol. The summed E-state index contributed by atoms with van der Waals surface area (Å²) in [7, 11) is 7.00. The fraction of sp³-hybridized carbons (Fsp3) is 1.00. The molecular formula is C36H78O9S8Si3. The fourth-order valence-corrected chi connectivity index (χ4v) is 34.1. The van der Waals surface area contributed by atoms with Gasteiger partial charge in [-0.1, -0.05) is 69.9 Å². The molecule has 0 saturated heterocycles. The summed E-state index contributed by atoms with van der Waals surface area (Å²) in [5.41, 5.74) is 0.291. The van der Waals surface area contributed by atoms with Crippen molar-refractivity contribution < 1.29 is 39.8 Å². The van der Waals surface area contributed by atoms with E-state index in [1.165, 1.54) is 38.5 Å². The van der Waals surface area contributed by atoms with E-state index in [-0.39, 0.29) is 9.75 Å². The quantitative estimate of drug-likeness (QED) is 0.0332. The highest BCUT2D eigenvalue weighted by atomic mass is 33.7. The van der Waals surface area contributed by atoms with E-state index in [1.54, 1.807) is 0 Å². The lowest BCUT2D eigenvalue weighted by Gasteiger charge is -2.46. The number of hydrogen-bond acceptors (Lipinski definition) is 17. The van der Waals surface area contributed by atoms with Gasteiger partial charge >= 0.3 is 26.4 Å². The van der Waals surface area contributed by atoms with Crippen molar-refractivity contribution in [3.63, 3.8) is 0 Å². The Hall–Kier alpha value is 3.09. The van der Waals surface area contributed by atoms with E-state index in [2.05, 4.69) is 34.6 Å². The van der Waals surface area contributed by atoms with Crippen LogP contribution in [-0.4, -0.2) is 107 Å². The monoisotopic (exact) mass is 994 g/mol. The summed E-state index contributed by atoms with van der Waals surface area (Å²) in [6.45, 7) is 28.3. The molecule has 9 nitrogen and oxygen atoms in total. The zero-order valence-electron chi connectivity index (χ0n) is 36.5. The van der Waals surface area contributed by atoms with Gasteiger partial charge in [-0.15, -0.1) is 0 Å². The summed E-state index contributed by atoms with van der Waals surface area (Å²) in [4.78, 5) is 0.406. The molecule has 1 rings (SSSR count). The van der Waals surface area contributed by atoms with Gasteiger partial charge < -0.3 is 39.8 Å². The van der Waals surface area contributed by atoms with Gasteiger partial charge in [0.2, 0.25) is 0 Å². The van der Waals surface area contributed by atoms with Crippen molar-refractivity contribution in [1.82, 2.24) is 0 Å². The van der Waals surface area contributed by atoms with Gasteiger partial charge in [0, 0.05) is 77.0 Å². The zero-order chi connectivity index (χ0) is 41.6. The molecule has 56 heavy (non-hydrogen) atoms. The van der Waals surface area contributed by atoms with Gasteiger partial charge in [-0.3, -0.25) is 0 Å². The highest BCUT2D eigenvalue weighted by Crippen LogP contribution is 2.55. The third-order valence-electron chi connectivity index (χ3n) is 9.67. The third-order valence-corrected chi connectivity index (χ3v) is 36.0. The average Bonchev–Trinajstić information content (AvgIpc) is 3.18. The number of rotatable bonds is 39.